The minimum absolute atomic E-state index is 0.163. The number of carbonyl (C=O) groups excluding carboxylic acids is 1. The zero-order valence-corrected chi connectivity index (χ0v) is 10.5. The molecule has 18 heavy (non-hydrogen) atoms. The molecule has 0 aliphatic carbocycles. The summed E-state index contributed by atoms with van der Waals surface area (Å²) >= 11 is 0. The quantitative estimate of drug-likeness (QED) is 0.783. The first-order chi connectivity index (χ1) is 8.33. The van der Waals surface area contributed by atoms with Gasteiger partial charge in [0, 0.05) is 18.2 Å². The Bertz CT molecular complexity index is 500. The van der Waals surface area contributed by atoms with E-state index in [9.17, 15) is 13.6 Å². The normalized spacial score (nSPS) is 18.1. The summed E-state index contributed by atoms with van der Waals surface area (Å²) in [5.74, 6) is -2.14. The Morgan fingerprint density at radius 3 is 2.56 bits per heavy atom. The topological polar surface area (TPSA) is 46.3 Å². The third kappa shape index (κ3) is 2.05. The van der Waals surface area contributed by atoms with Crippen molar-refractivity contribution in [3.8, 4) is 0 Å². The predicted molar refractivity (Wildman–Crippen MR) is 65.1 cm³/mol. The van der Waals surface area contributed by atoms with Crippen LogP contribution in [0.1, 0.15) is 37.0 Å². The van der Waals surface area contributed by atoms with Gasteiger partial charge in [-0.05, 0) is 32.8 Å². The summed E-state index contributed by atoms with van der Waals surface area (Å²) in [6, 6.07) is 1.73. The van der Waals surface area contributed by atoms with E-state index in [0.717, 1.165) is 18.9 Å². The van der Waals surface area contributed by atoms with Gasteiger partial charge in [0.15, 0.2) is 0 Å². The molecule has 0 unspecified atom stereocenters. The highest BCUT2D eigenvalue weighted by Gasteiger charge is 2.36. The molecule has 3 nitrogen and oxygen atoms in total. The average Bonchev–Trinajstić information content (AvgIpc) is 2.62. The molecule has 1 fully saturated rings. The average molecular weight is 254 g/mol. The zero-order valence-electron chi connectivity index (χ0n) is 10.5. The van der Waals surface area contributed by atoms with Crippen molar-refractivity contribution < 1.29 is 13.6 Å². The summed E-state index contributed by atoms with van der Waals surface area (Å²) in [7, 11) is 0. The smallest absolute Gasteiger partial charge is 0.257 e. The largest absolute Gasteiger partial charge is 0.396 e. The lowest BCUT2D eigenvalue weighted by atomic mass is 10.0. The van der Waals surface area contributed by atoms with Gasteiger partial charge in [-0.3, -0.25) is 4.79 Å². The van der Waals surface area contributed by atoms with Crippen LogP contribution in [0.4, 0.5) is 14.5 Å². The van der Waals surface area contributed by atoms with Crippen molar-refractivity contribution >= 4 is 11.6 Å². The number of rotatable bonds is 1. The first kappa shape index (κ1) is 12.8. The standard InChI is InChI=1S/C13H16F2N2O/c1-13(2)4-3-5-17(13)12(18)8-6-11(16)10(15)7-9(8)14/h6-7H,3-5,16H2,1-2H3. The van der Waals surface area contributed by atoms with E-state index in [-0.39, 0.29) is 16.8 Å². The number of anilines is 1. The molecule has 1 aromatic carbocycles. The molecule has 1 aliphatic heterocycles. The van der Waals surface area contributed by atoms with Crippen LogP contribution >= 0.6 is 0 Å². The summed E-state index contributed by atoms with van der Waals surface area (Å²) < 4.78 is 26.7. The molecule has 0 radical (unpaired) electrons. The van der Waals surface area contributed by atoms with Gasteiger partial charge in [0.05, 0.1) is 11.3 Å². The van der Waals surface area contributed by atoms with Crippen molar-refractivity contribution in [1.82, 2.24) is 4.90 Å². The number of hydrogen-bond acceptors (Lipinski definition) is 2. The highest BCUT2D eigenvalue weighted by atomic mass is 19.1. The number of amides is 1. The number of carbonyl (C=O) groups is 1. The molecule has 2 N–H and O–H groups in total. The Hall–Kier alpha value is -1.65. The summed E-state index contributed by atoms with van der Waals surface area (Å²) in [5.41, 5.74) is 4.71. The van der Waals surface area contributed by atoms with Crippen molar-refractivity contribution in [2.45, 2.75) is 32.2 Å². The number of nitrogens with zero attached hydrogens (tertiary/aromatic N) is 1. The van der Waals surface area contributed by atoms with Gasteiger partial charge >= 0.3 is 0 Å². The maximum absolute atomic E-state index is 13.6. The van der Waals surface area contributed by atoms with Gasteiger partial charge in [-0.25, -0.2) is 8.78 Å². The summed E-state index contributed by atoms with van der Waals surface area (Å²) in [4.78, 5) is 13.9. The molecule has 0 aromatic heterocycles. The molecule has 1 heterocycles. The van der Waals surface area contributed by atoms with E-state index < -0.39 is 17.5 Å². The first-order valence-electron chi connectivity index (χ1n) is 5.89. The van der Waals surface area contributed by atoms with Crippen LogP contribution in [0.25, 0.3) is 0 Å². The molecule has 0 atom stereocenters. The Morgan fingerprint density at radius 1 is 1.33 bits per heavy atom. The van der Waals surface area contributed by atoms with Crippen LogP contribution in [0.2, 0.25) is 0 Å². The Morgan fingerprint density at radius 2 is 2.00 bits per heavy atom. The van der Waals surface area contributed by atoms with Crippen molar-refractivity contribution in [3.05, 3.63) is 29.3 Å². The molecule has 2 rings (SSSR count). The number of benzene rings is 1. The fourth-order valence-corrected chi connectivity index (χ4v) is 2.36. The van der Waals surface area contributed by atoms with Gasteiger partial charge in [0.1, 0.15) is 11.6 Å². The van der Waals surface area contributed by atoms with E-state index in [1.54, 1.807) is 4.90 Å². The van der Waals surface area contributed by atoms with Gasteiger partial charge in [0.2, 0.25) is 0 Å². The van der Waals surface area contributed by atoms with Crippen LogP contribution in [-0.2, 0) is 0 Å². The molecular formula is C13H16F2N2O. The lowest BCUT2D eigenvalue weighted by Gasteiger charge is -2.31. The van der Waals surface area contributed by atoms with Gasteiger partial charge in [0.25, 0.3) is 5.91 Å². The third-order valence-electron chi connectivity index (χ3n) is 3.46. The molecular weight excluding hydrogens is 238 g/mol. The van der Waals surface area contributed by atoms with Gasteiger partial charge in [-0.2, -0.15) is 0 Å². The van der Waals surface area contributed by atoms with Crippen molar-refractivity contribution in [3.63, 3.8) is 0 Å². The molecule has 98 valence electrons. The number of nitrogens with two attached hydrogens (primary N) is 1. The van der Waals surface area contributed by atoms with Crippen molar-refractivity contribution in [2.75, 3.05) is 12.3 Å². The maximum Gasteiger partial charge on any atom is 0.257 e. The van der Waals surface area contributed by atoms with E-state index in [0.29, 0.717) is 12.6 Å². The number of likely N-dealkylation sites (tertiary alicyclic amines) is 1. The fraction of sp³-hybridized carbons (Fsp3) is 0.462. The van der Waals surface area contributed by atoms with Crippen LogP contribution in [0.15, 0.2) is 12.1 Å². The van der Waals surface area contributed by atoms with Gasteiger partial charge in [-0.15, -0.1) is 0 Å². The number of hydrogen-bond donors (Lipinski definition) is 1. The van der Waals surface area contributed by atoms with E-state index in [4.69, 9.17) is 5.73 Å². The lowest BCUT2D eigenvalue weighted by molar-refractivity contribution is 0.0647. The van der Waals surface area contributed by atoms with Crippen molar-refractivity contribution in [2.24, 2.45) is 0 Å². The number of nitrogen functional groups attached to an aromatic ring is 1. The first-order valence-corrected chi connectivity index (χ1v) is 5.89. The van der Waals surface area contributed by atoms with Crippen molar-refractivity contribution in [1.29, 1.82) is 0 Å². The summed E-state index contributed by atoms with van der Waals surface area (Å²) in [6.07, 6.45) is 1.76. The SMILES string of the molecule is CC1(C)CCCN1C(=O)c1cc(N)c(F)cc1F. The second kappa shape index (κ2) is 4.23. The Balaban J connectivity index is 2.38. The number of halogens is 2. The Labute approximate surface area is 105 Å². The van der Waals surface area contributed by atoms with E-state index in [1.807, 2.05) is 13.8 Å². The molecule has 5 heteroatoms. The van der Waals surface area contributed by atoms with Crippen LogP contribution in [0.3, 0.4) is 0 Å². The fourth-order valence-electron chi connectivity index (χ4n) is 2.36. The van der Waals surface area contributed by atoms with Crippen LogP contribution in [-0.4, -0.2) is 22.9 Å². The molecule has 1 saturated heterocycles. The zero-order chi connectivity index (χ0) is 13.5. The maximum atomic E-state index is 13.6. The second-order valence-electron chi connectivity index (χ2n) is 5.23. The molecule has 0 bridgehead atoms. The minimum atomic E-state index is -0.866. The van der Waals surface area contributed by atoms with Crippen LogP contribution in [0, 0.1) is 11.6 Å². The molecule has 1 amide bonds. The van der Waals surface area contributed by atoms with E-state index in [2.05, 4.69) is 0 Å². The highest BCUT2D eigenvalue weighted by Crippen LogP contribution is 2.30. The predicted octanol–water partition coefficient (Wildman–Crippen LogP) is 2.56. The Kier molecular flexibility index (Phi) is 3.00. The highest BCUT2D eigenvalue weighted by molar-refractivity contribution is 5.96. The van der Waals surface area contributed by atoms with Gasteiger partial charge < -0.3 is 10.6 Å². The van der Waals surface area contributed by atoms with Crippen LogP contribution in [0.5, 0.6) is 0 Å². The monoisotopic (exact) mass is 254 g/mol. The summed E-state index contributed by atoms with van der Waals surface area (Å²) in [5, 5.41) is 0. The summed E-state index contributed by atoms with van der Waals surface area (Å²) in [6.45, 7) is 4.45. The second-order valence-corrected chi connectivity index (χ2v) is 5.23. The lowest BCUT2D eigenvalue weighted by Crippen LogP contribution is -2.43. The van der Waals surface area contributed by atoms with E-state index in [1.165, 1.54) is 0 Å². The third-order valence-corrected chi connectivity index (χ3v) is 3.46. The van der Waals surface area contributed by atoms with Crippen LogP contribution < -0.4 is 5.73 Å². The molecule has 0 spiro atoms. The minimum Gasteiger partial charge on any atom is -0.396 e. The van der Waals surface area contributed by atoms with E-state index >= 15 is 0 Å². The molecule has 1 aliphatic rings. The van der Waals surface area contributed by atoms with Gasteiger partial charge in [-0.1, -0.05) is 0 Å². The molecule has 0 saturated carbocycles. The molecule has 1 aromatic rings.